The van der Waals surface area contributed by atoms with E-state index in [1.807, 2.05) is 0 Å². The maximum atomic E-state index is 13.5. The number of guanidine groups is 1. The molecule has 1 atom stereocenters. The van der Waals surface area contributed by atoms with Gasteiger partial charge in [0, 0.05) is 17.9 Å². The number of benzene rings is 2. The average molecular weight is 385 g/mol. The van der Waals surface area contributed by atoms with Crippen LogP contribution >= 0.6 is 0 Å². The van der Waals surface area contributed by atoms with E-state index in [4.69, 9.17) is 14.2 Å². The van der Waals surface area contributed by atoms with Gasteiger partial charge in [-0.05, 0) is 49.2 Å². The number of amides is 1. The lowest BCUT2D eigenvalue weighted by atomic mass is 10.2. The molecule has 2 aromatic rings. The maximum absolute atomic E-state index is 13.5. The summed E-state index contributed by atoms with van der Waals surface area (Å²) < 4.78 is 29.6. The molecule has 1 fully saturated rings. The fourth-order valence-corrected chi connectivity index (χ4v) is 3.01. The third-order valence-electron chi connectivity index (χ3n) is 4.43. The number of halogens is 1. The Morgan fingerprint density at radius 1 is 1.18 bits per heavy atom. The minimum absolute atomic E-state index is 0.0201. The normalized spacial score (nSPS) is 18.2. The average Bonchev–Trinajstić information content (AvgIpc) is 3.37. The van der Waals surface area contributed by atoms with Gasteiger partial charge in [-0.2, -0.15) is 0 Å². The second-order valence-corrected chi connectivity index (χ2v) is 6.48. The molecule has 8 heteroatoms. The predicted octanol–water partition coefficient (Wildman–Crippen LogP) is 2.93. The van der Waals surface area contributed by atoms with Crippen LogP contribution in [-0.2, 0) is 4.74 Å². The molecule has 2 N–H and O–H groups in total. The quantitative estimate of drug-likeness (QED) is 0.625. The molecule has 0 aliphatic carbocycles. The first-order valence-electron chi connectivity index (χ1n) is 9.07. The van der Waals surface area contributed by atoms with Crippen molar-refractivity contribution in [1.29, 1.82) is 0 Å². The van der Waals surface area contributed by atoms with Crippen LogP contribution in [0.3, 0.4) is 0 Å². The van der Waals surface area contributed by atoms with E-state index in [0.717, 1.165) is 19.4 Å². The third-order valence-corrected chi connectivity index (χ3v) is 4.43. The van der Waals surface area contributed by atoms with Crippen LogP contribution in [0.2, 0.25) is 0 Å². The molecule has 2 heterocycles. The summed E-state index contributed by atoms with van der Waals surface area (Å²) in [6, 6.07) is 10.9. The van der Waals surface area contributed by atoms with Crippen molar-refractivity contribution in [3.8, 4) is 11.5 Å². The number of carbonyl (C=O) groups is 1. The van der Waals surface area contributed by atoms with Crippen LogP contribution in [0.4, 0.5) is 10.1 Å². The molecule has 0 spiro atoms. The van der Waals surface area contributed by atoms with E-state index in [0.29, 0.717) is 29.3 Å². The summed E-state index contributed by atoms with van der Waals surface area (Å²) in [6.45, 7) is 1.26. The Morgan fingerprint density at radius 2 is 2.07 bits per heavy atom. The number of ether oxygens (including phenoxy) is 3. The molecule has 2 aliphatic heterocycles. The SMILES string of the molecule is O=C(NC(=NCC1CCCO1)Nc1cccc(F)c1)c1ccc2c(c1)OCO2. The van der Waals surface area contributed by atoms with Crippen molar-refractivity contribution in [1.82, 2.24) is 5.32 Å². The molecule has 1 amide bonds. The Bertz CT molecular complexity index is 897. The van der Waals surface area contributed by atoms with Crippen LogP contribution in [0.1, 0.15) is 23.2 Å². The summed E-state index contributed by atoms with van der Waals surface area (Å²) in [7, 11) is 0. The summed E-state index contributed by atoms with van der Waals surface area (Å²) in [5.41, 5.74) is 0.882. The van der Waals surface area contributed by atoms with E-state index < -0.39 is 0 Å². The Kier molecular flexibility index (Phi) is 5.38. The summed E-state index contributed by atoms with van der Waals surface area (Å²) in [5.74, 6) is 0.591. The first kappa shape index (κ1) is 18.2. The smallest absolute Gasteiger partial charge is 0.258 e. The number of carbonyl (C=O) groups excluding carboxylic acids is 1. The number of fused-ring (bicyclic) bond motifs is 1. The minimum Gasteiger partial charge on any atom is -0.454 e. The fraction of sp³-hybridized carbons (Fsp3) is 0.300. The Morgan fingerprint density at radius 3 is 2.89 bits per heavy atom. The van der Waals surface area contributed by atoms with E-state index >= 15 is 0 Å². The van der Waals surface area contributed by atoms with Gasteiger partial charge in [0.15, 0.2) is 11.5 Å². The Balaban J connectivity index is 1.50. The van der Waals surface area contributed by atoms with Crippen molar-refractivity contribution in [2.75, 3.05) is 25.3 Å². The van der Waals surface area contributed by atoms with Crippen LogP contribution in [0.15, 0.2) is 47.5 Å². The molecular formula is C20H20FN3O4. The van der Waals surface area contributed by atoms with Crippen LogP contribution in [-0.4, -0.2) is 37.9 Å². The molecule has 28 heavy (non-hydrogen) atoms. The van der Waals surface area contributed by atoms with Gasteiger partial charge >= 0.3 is 0 Å². The van der Waals surface area contributed by atoms with Crippen LogP contribution in [0, 0.1) is 5.82 Å². The van der Waals surface area contributed by atoms with E-state index in [-0.39, 0.29) is 30.6 Å². The van der Waals surface area contributed by atoms with Gasteiger partial charge in [-0.15, -0.1) is 0 Å². The second-order valence-electron chi connectivity index (χ2n) is 6.48. The molecule has 4 rings (SSSR count). The zero-order valence-corrected chi connectivity index (χ0v) is 15.1. The van der Waals surface area contributed by atoms with Crippen LogP contribution < -0.4 is 20.1 Å². The molecule has 0 radical (unpaired) electrons. The molecular weight excluding hydrogens is 365 g/mol. The summed E-state index contributed by atoms with van der Waals surface area (Å²) >= 11 is 0. The maximum Gasteiger partial charge on any atom is 0.258 e. The van der Waals surface area contributed by atoms with Crippen LogP contribution in [0.25, 0.3) is 0 Å². The van der Waals surface area contributed by atoms with Crippen molar-refractivity contribution in [2.24, 2.45) is 4.99 Å². The number of hydrogen-bond acceptors (Lipinski definition) is 5. The summed E-state index contributed by atoms with van der Waals surface area (Å²) in [6.07, 6.45) is 1.94. The van der Waals surface area contributed by atoms with Gasteiger partial charge in [0.25, 0.3) is 5.91 Å². The first-order chi connectivity index (χ1) is 13.7. The predicted molar refractivity (Wildman–Crippen MR) is 101 cm³/mol. The first-order valence-corrected chi connectivity index (χ1v) is 9.07. The van der Waals surface area contributed by atoms with Crippen molar-refractivity contribution in [2.45, 2.75) is 18.9 Å². The van der Waals surface area contributed by atoms with Crippen molar-refractivity contribution in [3.63, 3.8) is 0 Å². The van der Waals surface area contributed by atoms with E-state index in [1.165, 1.54) is 12.1 Å². The fourth-order valence-electron chi connectivity index (χ4n) is 3.01. The van der Waals surface area contributed by atoms with E-state index in [9.17, 15) is 9.18 Å². The van der Waals surface area contributed by atoms with Gasteiger partial charge in [0.2, 0.25) is 12.8 Å². The highest BCUT2D eigenvalue weighted by Crippen LogP contribution is 2.32. The molecule has 1 saturated heterocycles. The number of nitrogens with zero attached hydrogens (tertiary/aromatic N) is 1. The van der Waals surface area contributed by atoms with Crippen molar-refractivity contribution in [3.05, 3.63) is 53.8 Å². The van der Waals surface area contributed by atoms with Gasteiger partial charge < -0.3 is 19.5 Å². The van der Waals surface area contributed by atoms with E-state index in [1.54, 1.807) is 30.3 Å². The van der Waals surface area contributed by atoms with Gasteiger partial charge in [-0.1, -0.05) is 6.07 Å². The van der Waals surface area contributed by atoms with Gasteiger partial charge in [0.1, 0.15) is 5.82 Å². The third kappa shape index (κ3) is 4.40. The van der Waals surface area contributed by atoms with Crippen molar-refractivity contribution >= 4 is 17.6 Å². The number of nitrogens with one attached hydrogen (secondary N) is 2. The topological polar surface area (TPSA) is 81.2 Å². The highest BCUT2D eigenvalue weighted by Gasteiger charge is 2.18. The van der Waals surface area contributed by atoms with Gasteiger partial charge in [-0.25, -0.2) is 9.38 Å². The number of aliphatic imine (C=N–C) groups is 1. The number of rotatable bonds is 4. The minimum atomic E-state index is -0.384. The molecule has 7 nitrogen and oxygen atoms in total. The molecule has 0 aromatic heterocycles. The van der Waals surface area contributed by atoms with Gasteiger partial charge in [-0.3, -0.25) is 10.1 Å². The lowest BCUT2D eigenvalue weighted by molar-refractivity contribution is 0.0975. The molecule has 1 unspecified atom stereocenters. The standard InChI is InChI=1S/C20H20FN3O4/c21-14-3-1-4-15(10-14)23-20(22-11-16-5-2-8-26-16)24-19(25)13-6-7-17-18(9-13)28-12-27-17/h1,3-4,6-7,9-10,16H,2,5,8,11-12H2,(H2,22,23,24,25). The summed E-state index contributed by atoms with van der Waals surface area (Å²) in [5, 5.41) is 5.71. The monoisotopic (exact) mass is 385 g/mol. The van der Waals surface area contributed by atoms with Gasteiger partial charge in [0.05, 0.1) is 12.6 Å². The molecule has 2 aliphatic rings. The molecule has 0 saturated carbocycles. The number of anilines is 1. The van der Waals surface area contributed by atoms with Crippen LogP contribution in [0.5, 0.6) is 11.5 Å². The Labute approximate surface area is 161 Å². The lowest BCUT2D eigenvalue weighted by Crippen LogP contribution is -2.36. The largest absolute Gasteiger partial charge is 0.454 e. The summed E-state index contributed by atoms with van der Waals surface area (Å²) in [4.78, 5) is 17.1. The second kappa shape index (κ2) is 8.26. The highest BCUT2D eigenvalue weighted by atomic mass is 19.1. The molecule has 0 bridgehead atoms. The molecule has 146 valence electrons. The molecule has 2 aromatic carbocycles. The lowest BCUT2D eigenvalue weighted by Gasteiger charge is -2.13. The highest BCUT2D eigenvalue weighted by molar-refractivity contribution is 6.10. The Hall–Kier alpha value is -3.13. The van der Waals surface area contributed by atoms with Crippen molar-refractivity contribution < 1.29 is 23.4 Å². The zero-order valence-electron chi connectivity index (χ0n) is 15.1. The zero-order chi connectivity index (χ0) is 19.3. The van der Waals surface area contributed by atoms with E-state index in [2.05, 4.69) is 15.6 Å². The number of hydrogen-bond donors (Lipinski definition) is 2.